The highest BCUT2D eigenvalue weighted by Crippen LogP contribution is 2.14. The zero-order chi connectivity index (χ0) is 15.6. The molecule has 0 atom stereocenters. The van der Waals surface area contributed by atoms with Gasteiger partial charge in [0.15, 0.2) is 0 Å². The first-order valence-electron chi connectivity index (χ1n) is 6.62. The lowest BCUT2D eigenvalue weighted by molar-refractivity contribution is 0.0523. The van der Waals surface area contributed by atoms with Gasteiger partial charge in [-0.05, 0) is 56.7 Å². The summed E-state index contributed by atoms with van der Waals surface area (Å²) in [6.45, 7) is 5.32. The third kappa shape index (κ3) is 2.86. The molecule has 5 heteroatoms. The van der Waals surface area contributed by atoms with Crippen LogP contribution in [0, 0.1) is 19.7 Å². The fourth-order valence-corrected chi connectivity index (χ4v) is 2.25. The first kappa shape index (κ1) is 15.0. The van der Waals surface area contributed by atoms with Crippen LogP contribution in [0.5, 0.6) is 0 Å². The van der Waals surface area contributed by atoms with Crippen LogP contribution in [0.4, 0.5) is 4.39 Å². The molecule has 21 heavy (non-hydrogen) atoms. The largest absolute Gasteiger partial charge is 0.462 e. The maximum absolute atomic E-state index is 13.0. The summed E-state index contributed by atoms with van der Waals surface area (Å²) < 4.78 is 19.3. The second kappa shape index (κ2) is 5.91. The normalized spacial score (nSPS) is 10.5. The molecule has 1 aromatic heterocycles. The number of hydrogen-bond acceptors (Lipinski definition) is 3. The van der Waals surface area contributed by atoms with Gasteiger partial charge in [-0.15, -0.1) is 0 Å². The molecule has 2 rings (SSSR count). The Morgan fingerprint density at radius 2 is 1.86 bits per heavy atom. The molecule has 0 amide bonds. The first-order chi connectivity index (χ1) is 9.95. The van der Waals surface area contributed by atoms with E-state index in [4.69, 9.17) is 4.74 Å². The van der Waals surface area contributed by atoms with Crippen LogP contribution in [0.15, 0.2) is 35.1 Å². The third-order valence-electron chi connectivity index (χ3n) is 3.15. The fraction of sp³-hybridized carbons (Fsp3) is 0.250. The Morgan fingerprint density at radius 3 is 2.43 bits per heavy atom. The maximum Gasteiger partial charge on any atom is 0.344 e. The number of pyridine rings is 1. The van der Waals surface area contributed by atoms with Gasteiger partial charge in [0.25, 0.3) is 5.56 Å². The average molecular weight is 289 g/mol. The molecule has 0 aliphatic rings. The van der Waals surface area contributed by atoms with Gasteiger partial charge in [0, 0.05) is 11.4 Å². The van der Waals surface area contributed by atoms with Crippen LogP contribution in [0.3, 0.4) is 0 Å². The molecule has 1 aromatic carbocycles. The number of carbonyl (C=O) groups excluding carboxylic acids is 1. The number of nitrogens with zero attached hydrogens (tertiary/aromatic N) is 1. The molecule has 0 bridgehead atoms. The number of esters is 1. The van der Waals surface area contributed by atoms with Crippen LogP contribution in [0.2, 0.25) is 0 Å². The average Bonchev–Trinajstić information content (AvgIpc) is 2.40. The zero-order valence-corrected chi connectivity index (χ0v) is 12.1. The minimum Gasteiger partial charge on any atom is -0.462 e. The standard InChI is InChI=1S/C16H16FNO3/c1-4-21-16(20)14-10(2)9-11(3)18(15(14)19)13-7-5-12(17)6-8-13/h5-9H,4H2,1-3H3. The van der Waals surface area contributed by atoms with Crippen molar-refractivity contribution >= 4 is 5.97 Å². The molecule has 2 aromatic rings. The molecule has 0 fully saturated rings. The summed E-state index contributed by atoms with van der Waals surface area (Å²) >= 11 is 0. The summed E-state index contributed by atoms with van der Waals surface area (Å²) in [7, 11) is 0. The molecule has 0 N–H and O–H groups in total. The minimum absolute atomic E-state index is 0.00627. The van der Waals surface area contributed by atoms with E-state index in [1.807, 2.05) is 0 Å². The van der Waals surface area contributed by atoms with E-state index in [0.29, 0.717) is 16.9 Å². The highest BCUT2D eigenvalue weighted by atomic mass is 19.1. The van der Waals surface area contributed by atoms with Crippen molar-refractivity contribution in [1.29, 1.82) is 0 Å². The predicted octanol–water partition coefficient (Wildman–Crippen LogP) is 2.77. The molecular weight excluding hydrogens is 273 g/mol. The maximum atomic E-state index is 13.0. The SMILES string of the molecule is CCOC(=O)c1c(C)cc(C)n(-c2ccc(F)cc2)c1=O. The quantitative estimate of drug-likeness (QED) is 0.816. The van der Waals surface area contributed by atoms with Crippen molar-refractivity contribution in [3.8, 4) is 5.69 Å². The molecule has 0 aliphatic carbocycles. The van der Waals surface area contributed by atoms with Gasteiger partial charge >= 0.3 is 5.97 Å². The van der Waals surface area contributed by atoms with E-state index in [2.05, 4.69) is 0 Å². The monoisotopic (exact) mass is 289 g/mol. The summed E-state index contributed by atoms with van der Waals surface area (Å²) in [6.07, 6.45) is 0. The van der Waals surface area contributed by atoms with E-state index in [9.17, 15) is 14.0 Å². The number of aryl methyl sites for hydroxylation is 2. The lowest BCUT2D eigenvalue weighted by Gasteiger charge is -2.14. The van der Waals surface area contributed by atoms with Crippen LogP contribution in [-0.2, 0) is 4.74 Å². The summed E-state index contributed by atoms with van der Waals surface area (Å²) in [4.78, 5) is 24.5. The van der Waals surface area contributed by atoms with E-state index in [0.717, 1.165) is 0 Å². The van der Waals surface area contributed by atoms with Crippen LogP contribution in [0.1, 0.15) is 28.5 Å². The van der Waals surface area contributed by atoms with Crippen LogP contribution >= 0.6 is 0 Å². The van der Waals surface area contributed by atoms with E-state index in [-0.39, 0.29) is 18.0 Å². The lowest BCUT2D eigenvalue weighted by Crippen LogP contribution is -2.29. The van der Waals surface area contributed by atoms with Crippen molar-refractivity contribution in [2.75, 3.05) is 6.61 Å². The smallest absolute Gasteiger partial charge is 0.344 e. The fourth-order valence-electron chi connectivity index (χ4n) is 2.25. The molecule has 0 aliphatic heterocycles. The van der Waals surface area contributed by atoms with Gasteiger partial charge < -0.3 is 4.74 Å². The van der Waals surface area contributed by atoms with E-state index in [1.54, 1.807) is 26.8 Å². The van der Waals surface area contributed by atoms with Crippen LogP contribution < -0.4 is 5.56 Å². The second-order valence-electron chi connectivity index (χ2n) is 4.68. The van der Waals surface area contributed by atoms with Crippen molar-refractivity contribution in [2.24, 2.45) is 0 Å². The molecular formula is C16H16FNO3. The summed E-state index contributed by atoms with van der Waals surface area (Å²) in [5.74, 6) is -1.03. The number of ether oxygens (including phenoxy) is 1. The zero-order valence-electron chi connectivity index (χ0n) is 12.1. The molecule has 110 valence electrons. The Kier molecular flexibility index (Phi) is 4.21. The number of benzene rings is 1. The molecule has 0 saturated heterocycles. The van der Waals surface area contributed by atoms with Gasteiger partial charge in [0.2, 0.25) is 0 Å². The molecule has 4 nitrogen and oxygen atoms in total. The Bertz CT molecular complexity index is 732. The number of halogens is 1. The van der Waals surface area contributed by atoms with E-state index < -0.39 is 11.5 Å². The van der Waals surface area contributed by atoms with Crippen molar-refractivity contribution < 1.29 is 13.9 Å². The summed E-state index contributed by atoms with van der Waals surface area (Å²) in [5, 5.41) is 0. The molecule has 0 saturated carbocycles. The summed E-state index contributed by atoms with van der Waals surface area (Å²) in [5.41, 5.74) is 1.28. The second-order valence-corrected chi connectivity index (χ2v) is 4.68. The van der Waals surface area contributed by atoms with Crippen molar-refractivity contribution in [2.45, 2.75) is 20.8 Å². The number of rotatable bonds is 3. The highest BCUT2D eigenvalue weighted by Gasteiger charge is 2.19. The Morgan fingerprint density at radius 1 is 1.24 bits per heavy atom. The van der Waals surface area contributed by atoms with Gasteiger partial charge in [-0.25, -0.2) is 9.18 Å². The van der Waals surface area contributed by atoms with Crippen molar-refractivity contribution in [1.82, 2.24) is 4.57 Å². The van der Waals surface area contributed by atoms with Crippen molar-refractivity contribution in [3.05, 3.63) is 63.3 Å². The van der Waals surface area contributed by atoms with Crippen LogP contribution in [-0.4, -0.2) is 17.1 Å². The summed E-state index contributed by atoms with van der Waals surface area (Å²) in [6, 6.07) is 7.26. The number of carbonyl (C=O) groups is 1. The Hall–Kier alpha value is -2.43. The minimum atomic E-state index is -0.643. The van der Waals surface area contributed by atoms with E-state index >= 15 is 0 Å². The third-order valence-corrected chi connectivity index (χ3v) is 3.15. The Balaban J connectivity index is 2.67. The first-order valence-corrected chi connectivity index (χ1v) is 6.62. The number of aromatic nitrogens is 1. The Labute approximate surface area is 121 Å². The molecule has 0 radical (unpaired) electrons. The van der Waals surface area contributed by atoms with Crippen LogP contribution in [0.25, 0.3) is 5.69 Å². The van der Waals surface area contributed by atoms with Crippen molar-refractivity contribution in [3.63, 3.8) is 0 Å². The molecule has 1 heterocycles. The van der Waals surface area contributed by atoms with Gasteiger partial charge in [0.05, 0.1) is 6.61 Å². The predicted molar refractivity (Wildman–Crippen MR) is 77.4 cm³/mol. The van der Waals surface area contributed by atoms with Gasteiger partial charge in [0.1, 0.15) is 11.4 Å². The number of hydrogen-bond donors (Lipinski definition) is 0. The van der Waals surface area contributed by atoms with Gasteiger partial charge in [-0.1, -0.05) is 0 Å². The highest BCUT2D eigenvalue weighted by molar-refractivity contribution is 5.90. The molecule has 0 spiro atoms. The lowest BCUT2D eigenvalue weighted by atomic mass is 10.1. The van der Waals surface area contributed by atoms with Gasteiger partial charge in [-0.3, -0.25) is 9.36 Å². The van der Waals surface area contributed by atoms with Gasteiger partial charge in [-0.2, -0.15) is 0 Å². The van der Waals surface area contributed by atoms with E-state index in [1.165, 1.54) is 28.8 Å². The topological polar surface area (TPSA) is 48.3 Å². The molecule has 0 unspecified atom stereocenters.